The van der Waals surface area contributed by atoms with E-state index in [1.807, 2.05) is 30.0 Å². The predicted molar refractivity (Wildman–Crippen MR) is 111 cm³/mol. The van der Waals surface area contributed by atoms with Crippen LogP contribution in [0.1, 0.15) is 35.2 Å². The van der Waals surface area contributed by atoms with Crippen molar-refractivity contribution in [3.63, 3.8) is 0 Å². The Morgan fingerprint density at radius 3 is 2.83 bits per heavy atom. The van der Waals surface area contributed by atoms with E-state index in [9.17, 15) is 4.79 Å². The molecule has 154 valence electrons. The van der Waals surface area contributed by atoms with Gasteiger partial charge in [0.05, 0.1) is 23.6 Å². The zero-order valence-corrected chi connectivity index (χ0v) is 16.9. The summed E-state index contributed by atoms with van der Waals surface area (Å²) in [6.07, 6.45) is 7.87. The zero-order valence-electron chi connectivity index (χ0n) is 16.9. The predicted octanol–water partition coefficient (Wildman–Crippen LogP) is 2.63. The molecule has 1 aliphatic heterocycles. The van der Waals surface area contributed by atoms with Crippen LogP contribution in [-0.2, 0) is 0 Å². The molecule has 8 nitrogen and oxygen atoms in total. The standard InChI is InChI=1S/C22H24N6O2/c1-15-3-4-17(18(11-15)28-25-8-9-26-28)21(29)27-10-2-6-22(14-27)13-19(22)30-20-12-16(23)5-7-24-20/h3-5,7-9,11-12,19H,2,6,10,13-14H2,1H3,(H2,23,24)/t19-,22+/m1/s1. The van der Waals surface area contributed by atoms with E-state index < -0.39 is 0 Å². The number of aromatic nitrogens is 4. The molecule has 1 saturated carbocycles. The van der Waals surface area contributed by atoms with Crippen LogP contribution in [0.4, 0.5) is 5.69 Å². The number of ether oxygens (including phenoxy) is 1. The molecule has 2 fully saturated rings. The lowest BCUT2D eigenvalue weighted by Crippen LogP contribution is -2.42. The molecule has 8 heteroatoms. The maximum atomic E-state index is 13.4. The second-order valence-electron chi connectivity index (χ2n) is 8.27. The minimum atomic E-state index is -0.00496. The molecule has 1 amide bonds. The van der Waals surface area contributed by atoms with Crippen LogP contribution in [0.25, 0.3) is 5.69 Å². The molecule has 1 aliphatic carbocycles. The van der Waals surface area contributed by atoms with E-state index >= 15 is 0 Å². The molecule has 2 N–H and O–H groups in total. The van der Waals surface area contributed by atoms with Crippen molar-refractivity contribution in [3.8, 4) is 11.6 Å². The van der Waals surface area contributed by atoms with Crippen molar-refractivity contribution >= 4 is 11.6 Å². The largest absolute Gasteiger partial charge is 0.474 e. The Kier molecular flexibility index (Phi) is 4.42. The molecule has 3 heterocycles. The lowest BCUT2D eigenvalue weighted by Gasteiger charge is -2.34. The number of nitrogens with zero attached hydrogens (tertiary/aromatic N) is 5. The molecule has 0 bridgehead atoms. The molecule has 30 heavy (non-hydrogen) atoms. The third-order valence-electron chi connectivity index (χ3n) is 6.05. The second kappa shape index (κ2) is 7.12. The van der Waals surface area contributed by atoms with Crippen molar-refractivity contribution in [2.45, 2.75) is 32.3 Å². The average molecular weight is 404 g/mol. The number of hydrogen-bond acceptors (Lipinski definition) is 6. The van der Waals surface area contributed by atoms with Gasteiger partial charge in [-0.3, -0.25) is 4.79 Å². The van der Waals surface area contributed by atoms with Crippen LogP contribution in [0.3, 0.4) is 0 Å². The minimum Gasteiger partial charge on any atom is -0.474 e. The van der Waals surface area contributed by atoms with Gasteiger partial charge in [-0.1, -0.05) is 6.07 Å². The fourth-order valence-electron chi connectivity index (χ4n) is 4.37. The quantitative estimate of drug-likeness (QED) is 0.718. The lowest BCUT2D eigenvalue weighted by molar-refractivity contribution is 0.0612. The summed E-state index contributed by atoms with van der Waals surface area (Å²) in [5, 5.41) is 8.44. The Balaban J connectivity index is 1.34. The van der Waals surface area contributed by atoms with Crippen LogP contribution in [0.15, 0.2) is 48.9 Å². The number of nitrogens with two attached hydrogens (primary N) is 1. The molecule has 0 radical (unpaired) electrons. The van der Waals surface area contributed by atoms with Crippen molar-refractivity contribution in [1.29, 1.82) is 0 Å². The smallest absolute Gasteiger partial charge is 0.256 e. The van der Waals surface area contributed by atoms with E-state index in [1.165, 1.54) is 4.80 Å². The Hall–Kier alpha value is -3.42. The van der Waals surface area contributed by atoms with Gasteiger partial charge in [0.15, 0.2) is 0 Å². The molecule has 2 atom stereocenters. The minimum absolute atomic E-state index is 0.00496. The first-order valence-electron chi connectivity index (χ1n) is 10.2. The van der Waals surface area contributed by atoms with Crippen LogP contribution in [0, 0.1) is 12.3 Å². The van der Waals surface area contributed by atoms with Crippen LogP contribution < -0.4 is 10.5 Å². The Morgan fingerprint density at radius 1 is 1.20 bits per heavy atom. The van der Waals surface area contributed by atoms with Crippen molar-refractivity contribution in [3.05, 3.63) is 60.0 Å². The van der Waals surface area contributed by atoms with Crippen LogP contribution in [0.5, 0.6) is 5.88 Å². The van der Waals surface area contributed by atoms with Gasteiger partial charge in [0, 0.05) is 36.5 Å². The van der Waals surface area contributed by atoms with Gasteiger partial charge in [-0.2, -0.15) is 15.0 Å². The normalized spacial score (nSPS) is 22.8. The number of hydrogen-bond donors (Lipinski definition) is 1. The number of rotatable bonds is 4. The van der Waals surface area contributed by atoms with Crippen molar-refractivity contribution in [2.24, 2.45) is 5.41 Å². The highest BCUT2D eigenvalue weighted by Crippen LogP contribution is 2.54. The molecule has 5 rings (SSSR count). The van der Waals surface area contributed by atoms with E-state index in [-0.39, 0.29) is 17.4 Å². The highest BCUT2D eigenvalue weighted by molar-refractivity contribution is 5.98. The number of anilines is 1. The summed E-state index contributed by atoms with van der Waals surface area (Å²) in [7, 11) is 0. The Morgan fingerprint density at radius 2 is 2.03 bits per heavy atom. The van der Waals surface area contributed by atoms with E-state index in [0.29, 0.717) is 29.4 Å². The first-order valence-corrected chi connectivity index (χ1v) is 10.2. The first kappa shape index (κ1) is 18.6. The number of likely N-dealkylation sites (tertiary alicyclic amines) is 1. The van der Waals surface area contributed by atoms with Crippen LogP contribution >= 0.6 is 0 Å². The average Bonchev–Trinajstić information content (AvgIpc) is 3.15. The van der Waals surface area contributed by atoms with Gasteiger partial charge in [0.2, 0.25) is 5.88 Å². The summed E-state index contributed by atoms with van der Waals surface area (Å²) < 4.78 is 6.08. The van der Waals surface area contributed by atoms with Gasteiger partial charge in [-0.05, 0) is 49.9 Å². The fourth-order valence-corrected chi connectivity index (χ4v) is 4.37. The highest BCUT2D eigenvalue weighted by atomic mass is 16.5. The molecular formula is C22H24N6O2. The lowest BCUT2D eigenvalue weighted by atomic mass is 9.93. The Bertz CT molecular complexity index is 1080. The number of carbonyl (C=O) groups excluding carboxylic acids is 1. The van der Waals surface area contributed by atoms with Gasteiger partial charge in [0.25, 0.3) is 5.91 Å². The van der Waals surface area contributed by atoms with Gasteiger partial charge < -0.3 is 15.4 Å². The molecule has 2 aromatic heterocycles. The topological polar surface area (TPSA) is 99.2 Å². The maximum absolute atomic E-state index is 13.4. The van der Waals surface area contributed by atoms with Gasteiger partial charge in [-0.25, -0.2) is 4.98 Å². The van der Waals surface area contributed by atoms with Crippen molar-refractivity contribution in [2.75, 3.05) is 18.8 Å². The third kappa shape index (κ3) is 3.38. The van der Waals surface area contributed by atoms with Crippen LogP contribution in [-0.4, -0.2) is 50.0 Å². The second-order valence-corrected chi connectivity index (χ2v) is 8.27. The first-order chi connectivity index (χ1) is 14.5. The van der Waals surface area contributed by atoms with Crippen molar-refractivity contribution < 1.29 is 9.53 Å². The van der Waals surface area contributed by atoms with Gasteiger partial charge in [0.1, 0.15) is 6.10 Å². The molecule has 0 unspecified atom stereocenters. The summed E-state index contributed by atoms with van der Waals surface area (Å²) >= 11 is 0. The summed E-state index contributed by atoms with van der Waals surface area (Å²) in [5.74, 6) is 0.556. The number of aryl methyl sites for hydroxylation is 1. The van der Waals surface area contributed by atoms with Gasteiger partial charge >= 0.3 is 0 Å². The number of amides is 1. The monoisotopic (exact) mass is 404 g/mol. The number of piperidine rings is 1. The molecule has 2 aliphatic rings. The van der Waals surface area contributed by atoms with E-state index in [2.05, 4.69) is 15.2 Å². The summed E-state index contributed by atoms with van der Waals surface area (Å²) in [6.45, 7) is 3.41. The SMILES string of the molecule is Cc1ccc(C(=O)N2CCC[C@]3(C[C@H]3Oc3cc(N)ccn3)C2)c(-n2nccn2)c1. The number of pyridine rings is 1. The molecule has 1 aromatic carbocycles. The fraction of sp³-hybridized carbons (Fsp3) is 0.364. The van der Waals surface area contributed by atoms with Gasteiger partial charge in [-0.15, -0.1) is 0 Å². The highest BCUT2D eigenvalue weighted by Gasteiger charge is 2.58. The molecule has 1 spiro atoms. The van der Waals surface area contributed by atoms with Crippen molar-refractivity contribution in [1.82, 2.24) is 24.9 Å². The molecule has 3 aromatic rings. The van der Waals surface area contributed by atoms with E-state index in [0.717, 1.165) is 31.4 Å². The van der Waals surface area contributed by atoms with Crippen LogP contribution in [0.2, 0.25) is 0 Å². The summed E-state index contributed by atoms with van der Waals surface area (Å²) in [4.78, 5) is 21.1. The summed E-state index contributed by atoms with van der Waals surface area (Å²) in [5.41, 5.74) is 8.84. The number of benzene rings is 1. The number of nitrogen functional groups attached to an aromatic ring is 1. The van der Waals surface area contributed by atoms with E-state index in [1.54, 1.807) is 30.7 Å². The number of carbonyl (C=O) groups is 1. The third-order valence-corrected chi connectivity index (χ3v) is 6.05. The molecule has 1 saturated heterocycles. The van der Waals surface area contributed by atoms with E-state index in [4.69, 9.17) is 10.5 Å². The Labute approximate surface area is 174 Å². The molecular weight excluding hydrogens is 380 g/mol. The maximum Gasteiger partial charge on any atom is 0.256 e. The zero-order chi connectivity index (χ0) is 20.7. The summed E-state index contributed by atoms with van der Waals surface area (Å²) in [6, 6.07) is 9.25.